The minimum Gasteiger partial charge on any atom is -0.465 e. The average molecular weight is 279 g/mol. The fourth-order valence-corrected chi connectivity index (χ4v) is 1.82. The molecule has 20 heavy (non-hydrogen) atoms. The van der Waals surface area contributed by atoms with E-state index in [1.165, 1.54) is 26.1 Å². The third-order valence-electron chi connectivity index (χ3n) is 3.20. The van der Waals surface area contributed by atoms with Crippen LogP contribution in [0.2, 0.25) is 0 Å². The van der Waals surface area contributed by atoms with Crippen LogP contribution in [0, 0.1) is 5.92 Å². The highest BCUT2D eigenvalue weighted by molar-refractivity contribution is 5.97. The minimum atomic E-state index is -0.458. The Morgan fingerprint density at radius 2 is 2.35 bits per heavy atom. The second kappa shape index (κ2) is 7.09. The first-order valence-electron chi connectivity index (χ1n) is 6.86. The molecule has 1 aliphatic carbocycles. The van der Waals surface area contributed by atoms with Crippen molar-refractivity contribution in [2.45, 2.75) is 19.3 Å². The van der Waals surface area contributed by atoms with Crippen LogP contribution in [0.3, 0.4) is 0 Å². The van der Waals surface area contributed by atoms with Gasteiger partial charge in [0.25, 0.3) is 0 Å². The maximum absolute atomic E-state index is 11.5. The first-order chi connectivity index (χ1) is 9.72. The Morgan fingerprint density at radius 3 is 3.05 bits per heavy atom. The number of nitrogen functional groups attached to an aromatic ring is 1. The van der Waals surface area contributed by atoms with Gasteiger partial charge in [0, 0.05) is 26.0 Å². The number of carbonyl (C=O) groups is 1. The zero-order chi connectivity index (χ0) is 14.4. The molecular weight excluding hydrogens is 258 g/mol. The van der Waals surface area contributed by atoms with Crippen molar-refractivity contribution in [2.24, 2.45) is 5.92 Å². The Bertz CT molecular complexity index is 461. The lowest BCUT2D eigenvalue weighted by Gasteiger charge is -2.10. The molecule has 1 fully saturated rings. The van der Waals surface area contributed by atoms with Crippen molar-refractivity contribution in [3.8, 4) is 0 Å². The molecule has 0 spiro atoms. The minimum absolute atomic E-state index is 0.318. The summed E-state index contributed by atoms with van der Waals surface area (Å²) in [5, 5.41) is 3.11. The monoisotopic (exact) mass is 279 g/mol. The van der Waals surface area contributed by atoms with Gasteiger partial charge in [0.15, 0.2) is 0 Å². The maximum atomic E-state index is 11.5. The number of anilines is 2. The quantitative estimate of drug-likeness (QED) is 0.556. The normalized spacial score (nSPS) is 14.1. The molecule has 1 aliphatic rings. The first-order valence-corrected chi connectivity index (χ1v) is 6.86. The van der Waals surface area contributed by atoms with Crippen LogP contribution in [0.15, 0.2) is 12.3 Å². The number of nitrogens with one attached hydrogen (secondary N) is 1. The summed E-state index contributed by atoms with van der Waals surface area (Å²) in [7, 11) is 1.33. The van der Waals surface area contributed by atoms with Crippen molar-refractivity contribution in [3.63, 3.8) is 0 Å². The van der Waals surface area contributed by atoms with E-state index in [1.807, 2.05) is 0 Å². The molecule has 0 radical (unpaired) electrons. The molecule has 0 bridgehead atoms. The van der Waals surface area contributed by atoms with Crippen LogP contribution in [0.4, 0.5) is 11.5 Å². The van der Waals surface area contributed by atoms with Crippen molar-refractivity contribution < 1.29 is 14.3 Å². The van der Waals surface area contributed by atoms with Gasteiger partial charge in [-0.1, -0.05) is 0 Å². The molecule has 3 N–H and O–H groups in total. The summed E-state index contributed by atoms with van der Waals surface area (Å²) in [5.41, 5.74) is 6.54. The number of pyridine rings is 1. The lowest BCUT2D eigenvalue weighted by atomic mass is 10.2. The van der Waals surface area contributed by atoms with Crippen LogP contribution in [-0.4, -0.2) is 37.8 Å². The summed E-state index contributed by atoms with van der Waals surface area (Å²) in [6, 6.07) is 1.55. The van der Waals surface area contributed by atoms with Gasteiger partial charge >= 0.3 is 5.97 Å². The summed E-state index contributed by atoms with van der Waals surface area (Å²) < 4.78 is 10.2. The summed E-state index contributed by atoms with van der Waals surface area (Å²) in [5.74, 6) is 0.841. The molecule has 0 aromatic carbocycles. The lowest BCUT2D eigenvalue weighted by molar-refractivity contribution is 0.0602. The molecule has 0 saturated heterocycles. The number of aromatic nitrogens is 1. The zero-order valence-electron chi connectivity index (χ0n) is 11.7. The average Bonchev–Trinajstić information content (AvgIpc) is 3.27. The topological polar surface area (TPSA) is 86.5 Å². The summed E-state index contributed by atoms with van der Waals surface area (Å²) in [6.07, 6.45) is 5.02. The van der Waals surface area contributed by atoms with Gasteiger partial charge in [0.2, 0.25) is 0 Å². The fraction of sp³-hybridized carbons (Fsp3) is 0.571. The maximum Gasteiger partial charge on any atom is 0.340 e. The first kappa shape index (κ1) is 14.6. The van der Waals surface area contributed by atoms with Gasteiger partial charge in [-0.05, 0) is 31.2 Å². The highest BCUT2D eigenvalue weighted by Crippen LogP contribution is 2.28. The highest BCUT2D eigenvalue weighted by atomic mass is 16.5. The van der Waals surface area contributed by atoms with E-state index >= 15 is 0 Å². The van der Waals surface area contributed by atoms with Gasteiger partial charge in [-0.2, -0.15) is 0 Å². The second-order valence-electron chi connectivity index (χ2n) is 4.91. The van der Waals surface area contributed by atoms with Crippen LogP contribution in [0.5, 0.6) is 0 Å². The van der Waals surface area contributed by atoms with Crippen LogP contribution < -0.4 is 11.1 Å². The molecule has 6 nitrogen and oxygen atoms in total. The van der Waals surface area contributed by atoms with Gasteiger partial charge in [0.1, 0.15) is 5.82 Å². The van der Waals surface area contributed by atoms with E-state index in [0.717, 1.165) is 25.6 Å². The molecule has 0 atom stereocenters. The molecule has 0 amide bonds. The molecule has 1 aromatic rings. The molecular formula is C14H21N3O3. The largest absolute Gasteiger partial charge is 0.465 e. The summed E-state index contributed by atoms with van der Waals surface area (Å²) >= 11 is 0. The number of methoxy groups -OCH3 is 1. The van der Waals surface area contributed by atoms with Crippen molar-refractivity contribution in [1.82, 2.24) is 4.98 Å². The number of rotatable bonds is 8. The Labute approximate surface area is 118 Å². The number of nitrogens with two attached hydrogens (primary N) is 1. The van der Waals surface area contributed by atoms with Crippen molar-refractivity contribution >= 4 is 17.5 Å². The Hall–Kier alpha value is -1.82. The SMILES string of the molecule is COC(=O)c1ccnc(NCCCOCC2CC2)c1N. The number of carbonyl (C=O) groups excluding carboxylic acids is 1. The number of nitrogens with zero attached hydrogens (tertiary/aromatic N) is 1. The van der Waals surface area contributed by atoms with E-state index < -0.39 is 5.97 Å². The molecule has 1 saturated carbocycles. The summed E-state index contributed by atoms with van der Waals surface area (Å²) in [6.45, 7) is 2.30. The smallest absolute Gasteiger partial charge is 0.340 e. The van der Waals surface area contributed by atoms with Crippen LogP contribution in [0.25, 0.3) is 0 Å². The number of ether oxygens (including phenoxy) is 2. The molecule has 1 aromatic heterocycles. The molecule has 2 rings (SSSR count). The van der Waals surface area contributed by atoms with Gasteiger partial charge in [0.05, 0.1) is 18.4 Å². The van der Waals surface area contributed by atoms with Crippen molar-refractivity contribution in [1.29, 1.82) is 0 Å². The number of esters is 1. The van der Waals surface area contributed by atoms with Crippen LogP contribution in [-0.2, 0) is 9.47 Å². The van der Waals surface area contributed by atoms with E-state index in [9.17, 15) is 4.79 Å². The standard InChI is InChI=1S/C14H21N3O3/c1-19-14(18)11-5-7-17-13(12(11)15)16-6-2-8-20-9-10-3-4-10/h5,7,10H,2-4,6,8-9,15H2,1H3,(H,16,17). The predicted octanol–water partition coefficient (Wildman–Crippen LogP) is 1.68. The zero-order valence-corrected chi connectivity index (χ0v) is 11.7. The molecule has 6 heteroatoms. The van der Waals surface area contributed by atoms with Gasteiger partial charge in [-0.25, -0.2) is 9.78 Å². The Kier molecular flexibility index (Phi) is 5.17. The predicted molar refractivity (Wildman–Crippen MR) is 76.6 cm³/mol. The fourth-order valence-electron chi connectivity index (χ4n) is 1.82. The van der Waals surface area contributed by atoms with Gasteiger partial charge in [-0.15, -0.1) is 0 Å². The van der Waals surface area contributed by atoms with E-state index in [4.69, 9.17) is 10.5 Å². The molecule has 110 valence electrons. The van der Waals surface area contributed by atoms with Gasteiger partial charge in [-0.3, -0.25) is 0 Å². The van der Waals surface area contributed by atoms with Crippen molar-refractivity contribution in [3.05, 3.63) is 17.8 Å². The van der Waals surface area contributed by atoms with Crippen LogP contribution >= 0.6 is 0 Å². The lowest BCUT2D eigenvalue weighted by Crippen LogP contribution is -2.12. The highest BCUT2D eigenvalue weighted by Gasteiger charge is 2.20. The van der Waals surface area contributed by atoms with E-state index in [0.29, 0.717) is 23.6 Å². The van der Waals surface area contributed by atoms with Crippen LogP contribution in [0.1, 0.15) is 29.6 Å². The van der Waals surface area contributed by atoms with E-state index in [1.54, 1.807) is 6.07 Å². The third-order valence-corrected chi connectivity index (χ3v) is 3.20. The number of hydrogen-bond acceptors (Lipinski definition) is 6. The second-order valence-corrected chi connectivity index (χ2v) is 4.91. The van der Waals surface area contributed by atoms with Crippen molar-refractivity contribution in [2.75, 3.05) is 37.9 Å². The molecule has 0 unspecified atom stereocenters. The summed E-state index contributed by atoms with van der Waals surface area (Å²) in [4.78, 5) is 15.6. The molecule has 0 aliphatic heterocycles. The van der Waals surface area contributed by atoms with E-state index in [2.05, 4.69) is 15.0 Å². The number of hydrogen-bond donors (Lipinski definition) is 2. The van der Waals surface area contributed by atoms with E-state index in [-0.39, 0.29) is 0 Å². The molecule has 1 heterocycles. The Morgan fingerprint density at radius 1 is 1.55 bits per heavy atom. The Balaban J connectivity index is 1.75. The van der Waals surface area contributed by atoms with Gasteiger partial charge < -0.3 is 20.5 Å². The third kappa shape index (κ3) is 4.09.